The van der Waals surface area contributed by atoms with Crippen molar-refractivity contribution in [3.8, 4) is 11.4 Å². The van der Waals surface area contributed by atoms with Gasteiger partial charge in [-0.15, -0.1) is 0 Å². The van der Waals surface area contributed by atoms with Crippen molar-refractivity contribution in [2.45, 2.75) is 44.6 Å². The van der Waals surface area contributed by atoms with E-state index in [1.807, 2.05) is 12.1 Å². The fourth-order valence-electron chi connectivity index (χ4n) is 2.75. The fraction of sp³-hybridized carbons (Fsp3) is 0.467. The van der Waals surface area contributed by atoms with Crippen molar-refractivity contribution in [3.05, 3.63) is 35.7 Å². The maximum Gasteiger partial charge on any atom is 0.231 e. The lowest BCUT2D eigenvalue weighted by Crippen LogP contribution is -2.31. The molecule has 0 saturated heterocycles. The molecule has 0 amide bonds. The lowest BCUT2D eigenvalue weighted by molar-refractivity contribution is 0.290. The summed E-state index contributed by atoms with van der Waals surface area (Å²) in [6.07, 6.45) is 4.50. The summed E-state index contributed by atoms with van der Waals surface area (Å²) in [6.45, 7) is 2.06. The van der Waals surface area contributed by atoms with Crippen LogP contribution in [0.3, 0.4) is 0 Å². The van der Waals surface area contributed by atoms with Crippen molar-refractivity contribution in [1.29, 1.82) is 0 Å². The number of aromatic nitrogens is 2. The normalized spacial score (nSPS) is 23.5. The van der Waals surface area contributed by atoms with E-state index < -0.39 is 0 Å². The first kappa shape index (κ1) is 12.4. The molecular weight excluding hydrogens is 238 g/mol. The molecule has 2 aromatic rings. The Balaban J connectivity index is 1.86. The van der Waals surface area contributed by atoms with Gasteiger partial charge in [-0.3, -0.25) is 0 Å². The summed E-state index contributed by atoms with van der Waals surface area (Å²) in [5, 5.41) is 4.10. The summed E-state index contributed by atoms with van der Waals surface area (Å²) in [7, 11) is 0. The first-order valence-electron chi connectivity index (χ1n) is 6.90. The molecule has 1 heterocycles. The second-order valence-electron chi connectivity index (χ2n) is 5.38. The van der Waals surface area contributed by atoms with Crippen LogP contribution in [-0.4, -0.2) is 16.2 Å². The smallest absolute Gasteiger partial charge is 0.231 e. The number of nitrogens with zero attached hydrogens (tertiary/aromatic N) is 2. The van der Waals surface area contributed by atoms with Crippen LogP contribution in [0.1, 0.15) is 43.1 Å². The summed E-state index contributed by atoms with van der Waals surface area (Å²) in [5.74, 6) is 1.58. The van der Waals surface area contributed by atoms with Gasteiger partial charge in [0.05, 0.1) is 5.92 Å². The third-order valence-corrected chi connectivity index (χ3v) is 3.85. The van der Waals surface area contributed by atoms with Gasteiger partial charge < -0.3 is 10.3 Å². The van der Waals surface area contributed by atoms with E-state index in [1.165, 1.54) is 18.4 Å². The molecule has 1 aromatic carbocycles. The van der Waals surface area contributed by atoms with Gasteiger partial charge in [0.25, 0.3) is 0 Å². The van der Waals surface area contributed by atoms with Crippen LogP contribution in [0.2, 0.25) is 0 Å². The summed E-state index contributed by atoms with van der Waals surface area (Å²) in [6, 6.07) is 8.28. The molecule has 0 radical (unpaired) electrons. The van der Waals surface area contributed by atoms with Gasteiger partial charge in [-0.1, -0.05) is 41.8 Å². The van der Waals surface area contributed by atoms with Gasteiger partial charge in [-0.25, -0.2) is 0 Å². The first-order chi connectivity index (χ1) is 9.24. The highest BCUT2D eigenvalue weighted by atomic mass is 16.5. The van der Waals surface area contributed by atoms with E-state index in [0.717, 1.165) is 18.4 Å². The van der Waals surface area contributed by atoms with E-state index in [0.29, 0.717) is 11.7 Å². The van der Waals surface area contributed by atoms with Crippen molar-refractivity contribution < 1.29 is 4.52 Å². The van der Waals surface area contributed by atoms with Crippen LogP contribution < -0.4 is 5.73 Å². The number of hydrogen-bond acceptors (Lipinski definition) is 4. The largest absolute Gasteiger partial charge is 0.339 e. The summed E-state index contributed by atoms with van der Waals surface area (Å²) in [4.78, 5) is 4.54. The van der Waals surface area contributed by atoms with E-state index in [1.54, 1.807) is 0 Å². The quantitative estimate of drug-likeness (QED) is 0.898. The predicted octanol–water partition coefficient (Wildman–Crippen LogP) is 3.03. The SMILES string of the molecule is Cc1cccc(-c2noc(C3CCCCC3N)n2)c1. The molecule has 1 aliphatic carbocycles. The van der Waals surface area contributed by atoms with Crippen LogP contribution in [0, 0.1) is 6.92 Å². The molecule has 100 valence electrons. The molecular formula is C15H19N3O. The molecule has 19 heavy (non-hydrogen) atoms. The van der Waals surface area contributed by atoms with E-state index >= 15 is 0 Å². The van der Waals surface area contributed by atoms with Crippen molar-refractivity contribution in [1.82, 2.24) is 10.1 Å². The molecule has 2 N–H and O–H groups in total. The third kappa shape index (κ3) is 2.54. The second-order valence-corrected chi connectivity index (χ2v) is 5.38. The van der Waals surface area contributed by atoms with Crippen molar-refractivity contribution in [2.75, 3.05) is 0 Å². The Morgan fingerprint density at radius 2 is 2.11 bits per heavy atom. The van der Waals surface area contributed by atoms with E-state index in [9.17, 15) is 0 Å². The minimum Gasteiger partial charge on any atom is -0.339 e. The zero-order chi connectivity index (χ0) is 13.2. The molecule has 1 fully saturated rings. The van der Waals surface area contributed by atoms with Crippen LogP contribution in [-0.2, 0) is 0 Å². The molecule has 4 nitrogen and oxygen atoms in total. The Labute approximate surface area is 113 Å². The second kappa shape index (κ2) is 5.13. The highest BCUT2D eigenvalue weighted by Gasteiger charge is 2.28. The fourth-order valence-corrected chi connectivity index (χ4v) is 2.75. The maximum absolute atomic E-state index is 6.16. The lowest BCUT2D eigenvalue weighted by atomic mass is 9.85. The molecule has 1 saturated carbocycles. The Morgan fingerprint density at radius 3 is 2.89 bits per heavy atom. The van der Waals surface area contributed by atoms with E-state index in [-0.39, 0.29) is 12.0 Å². The van der Waals surface area contributed by atoms with Gasteiger partial charge in [0.15, 0.2) is 0 Å². The summed E-state index contributed by atoms with van der Waals surface area (Å²) < 4.78 is 5.43. The van der Waals surface area contributed by atoms with Crippen molar-refractivity contribution in [2.24, 2.45) is 5.73 Å². The van der Waals surface area contributed by atoms with Gasteiger partial charge in [0, 0.05) is 11.6 Å². The predicted molar refractivity (Wildman–Crippen MR) is 73.7 cm³/mol. The molecule has 0 aliphatic heterocycles. The number of nitrogens with two attached hydrogens (primary N) is 1. The standard InChI is InChI=1S/C15H19N3O/c1-10-5-4-6-11(9-10)14-17-15(19-18-14)12-7-2-3-8-13(12)16/h4-6,9,12-13H,2-3,7-8,16H2,1H3. The number of hydrogen-bond donors (Lipinski definition) is 1. The molecule has 4 heteroatoms. The van der Waals surface area contributed by atoms with E-state index in [4.69, 9.17) is 10.3 Å². The van der Waals surface area contributed by atoms with Crippen LogP contribution in [0.4, 0.5) is 0 Å². The van der Waals surface area contributed by atoms with E-state index in [2.05, 4.69) is 29.2 Å². The number of rotatable bonds is 2. The van der Waals surface area contributed by atoms with Gasteiger partial charge >= 0.3 is 0 Å². The summed E-state index contributed by atoms with van der Waals surface area (Å²) in [5.41, 5.74) is 8.35. The highest BCUT2D eigenvalue weighted by molar-refractivity contribution is 5.55. The molecule has 3 rings (SSSR count). The Morgan fingerprint density at radius 1 is 1.26 bits per heavy atom. The zero-order valence-electron chi connectivity index (χ0n) is 11.2. The van der Waals surface area contributed by atoms with Crippen molar-refractivity contribution >= 4 is 0 Å². The highest BCUT2D eigenvalue weighted by Crippen LogP contribution is 2.31. The molecule has 1 aliphatic rings. The summed E-state index contributed by atoms with van der Waals surface area (Å²) >= 11 is 0. The third-order valence-electron chi connectivity index (χ3n) is 3.85. The van der Waals surface area contributed by atoms with Gasteiger partial charge in [-0.2, -0.15) is 4.98 Å². The average molecular weight is 257 g/mol. The first-order valence-corrected chi connectivity index (χ1v) is 6.90. The van der Waals surface area contributed by atoms with Gasteiger partial charge in [-0.05, 0) is 25.8 Å². The van der Waals surface area contributed by atoms with Crippen LogP contribution in [0.25, 0.3) is 11.4 Å². The topological polar surface area (TPSA) is 64.9 Å². The van der Waals surface area contributed by atoms with Crippen LogP contribution in [0.15, 0.2) is 28.8 Å². The molecule has 0 bridgehead atoms. The Kier molecular flexibility index (Phi) is 3.34. The van der Waals surface area contributed by atoms with Crippen molar-refractivity contribution in [3.63, 3.8) is 0 Å². The van der Waals surface area contributed by atoms with Gasteiger partial charge in [0.2, 0.25) is 11.7 Å². The molecule has 2 atom stereocenters. The minimum atomic E-state index is 0.152. The van der Waals surface area contributed by atoms with Crippen LogP contribution in [0.5, 0.6) is 0 Å². The Bertz CT molecular complexity index is 564. The maximum atomic E-state index is 6.16. The number of benzene rings is 1. The molecule has 2 unspecified atom stereocenters. The molecule has 0 spiro atoms. The lowest BCUT2D eigenvalue weighted by Gasteiger charge is -2.25. The molecule has 1 aromatic heterocycles. The minimum absolute atomic E-state index is 0.152. The monoisotopic (exact) mass is 257 g/mol. The van der Waals surface area contributed by atoms with Crippen LogP contribution >= 0.6 is 0 Å². The average Bonchev–Trinajstić information content (AvgIpc) is 2.89. The zero-order valence-corrected chi connectivity index (χ0v) is 11.2. The van der Waals surface area contributed by atoms with Gasteiger partial charge in [0.1, 0.15) is 0 Å². The Hall–Kier alpha value is -1.68. The number of aryl methyl sites for hydroxylation is 1.